The molecule has 5 nitrogen and oxygen atoms in total. The van der Waals surface area contributed by atoms with E-state index in [2.05, 4.69) is 10.6 Å². The predicted molar refractivity (Wildman–Crippen MR) is 76.3 cm³/mol. The average Bonchev–Trinajstić information content (AvgIpc) is 2.45. The highest BCUT2D eigenvalue weighted by Crippen LogP contribution is 2.05. The normalized spacial score (nSPS) is 11.5. The molecule has 0 saturated heterocycles. The molecule has 5 heteroatoms. The van der Waals surface area contributed by atoms with Crippen molar-refractivity contribution in [1.82, 2.24) is 10.6 Å². The molecule has 0 radical (unpaired) electrons. The number of hydrogen-bond donors (Lipinski definition) is 2. The highest BCUT2D eigenvalue weighted by atomic mass is 16.2. The lowest BCUT2D eigenvalue weighted by atomic mass is 10.1. The summed E-state index contributed by atoms with van der Waals surface area (Å²) in [6.45, 7) is 3.94. The maximum absolute atomic E-state index is 11.8. The first-order chi connectivity index (χ1) is 9.54. The number of ketones is 1. The predicted octanol–water partition coefficient (Wildman–Crippen LogP) is 1.29. The molecule has 0 aliphatic rings. The number of nitrogens with one attached hydrogen (secondary N) is 2. The molecule has 0 aromatic heterocycles. The van der Waals surface area contributed by atoms with Crippen LogP contribution < -0.4 is 10.6 Å². The Morgan fingerprint density at radius 2 is 1.75 bits per heavy atom. The standard InChI is InChI=1S/C15H20N2O3/c1-3-16-15(20)11(2)17-14(19)10-9-13(18)12-7-5-4-6-8-12/h4-8,11H,3,9-10H2,1-2H3,(H,16,20)(H,17,19)/t11-/m1/s1. The summed E-state index contributed by atoms with van der Waals surface area (Å²) in [6, 6.07) is 8.25. The van der Waals surface area contributed by atoms with Gasteiger partial charge < -0.3 is 10.6 Å². The number of Topliss-reactive ketones (excluding diaryl/α,β-unsaturated/α-hetero) is 1. The highest BCUT2D eigenvalue weighted by Gasteiger charge is 2.15. The molecule has 0 spiro atoms. The van der Waals surface area contributed by atoms with Gasteiger partial charge in [-0.25, -0.2) is 0 Å². The van der Waals surface area contributed by atoms with E-state index in [0.717, 1.165) is 0 Å². The maximum Gasteiger partial charge on any atom is 0.242 e. The first-order valence-electron chi connectivity index (χ1n) is 6.70. The quantitative estimate of drug-likeness (QED) is 0.737. The number of carbonyl (C=O) groups is 3. The van der Waals surface area contributed by atoms with Gasteiger partial charge in [0, 0.05) is 24.9 Å². The van der Waals surface area contributed by atoms with Gasteiger partial charge in [-0.15, -0.1) is 0 Å². The van der Waals surface area contributed by atoms with E-state index in [1.54, 1.807) is 31.2 Å². The van der Waals surface area contributed by atoms with Crippen molar-refractivity contribution in [2.75, 3.05) is 6.54 Å². The molecule has 2 N–H and O–H groups in total. The fraction of sp³-hybridized carbons (Fsp3) is 0.400. The lowest BCUT2D eigenvalue weighted by Gasteiger charge is -2.13. The Kier molecular flexibility index (Phi) is 6.43. The summed E-state index contributed by atoms with van der Waals surface area (Å²) in [6.07, 6.45) is 0.218. The van der Waals surface area contributed by atoms with Gasteiger partial charge in [-0.1, -0.05) is 30.3 Å². The smallest absolute Gasteiger partial charge is 0.242 e. The number of benzene rings is 1. The van der Waals surface area contributed by atoms with Crippen LogP contribution in [0.4, 0.5) is 0 Å². The minimum absolute atomic E-state index is 0.0774. The molecule has 1 aromatic rings. The molecular formula is C15H20N2O3. The lowest BCUT2D eigenvalue weighted by molar-refractivity contribution is -0.128. The molecule has 0 bridgehead atoms. The van der Waals surface area contributed by atoms with Crippen LogP contribution >= 0.6 is 0 Å². The number of hydrogen-bond acceptors (Lipinski definition) is 3. The van der Waals surface area contributed by atoms with Crippen molar-refractivity contribution in [1.29, 1.82) is 0 Å². The second-order valence-electron chi connectivity index (χ2n) is 4.47. The van der Waals surface area contributed by atoms with Crippen LogP contribution in [0.3, 0.4) is 0 Å². The van der Waals surface area contributed by atoms with Crippen molar-refractivity contribution in [3.63, 3.8) is 0 Å². The molecule has 0 saturated carbocycles. The van der Waals surface area contributed by atoms with Crippen LogP contribution in [-0.2, 0) is 9.59 Å². The minimum atomic E-state index is -0.589. The Labute approximate surface area is 118 Å². The van der Waals surface area contributed by atoms with Crippen LogP contribution in [0.2, 0.25) is 0 Å². The van der Waals surface area contributed by atoms with E-state index in [0.29, 0.717) is 12.1 Å². The second-order valence-corrected chi connectivity index (χ2v) is 4.47. The van der Waals surface area contributed by atoms with Gasteiger partial charge in [0.05, 0.1) is 0 Å². The number of carbonyl (C=O) groups excluding carboxylic acids is 3. The van der Waals surface area contributed by atoms with E-state index in [1.807, 2.05) is 13.0 Å². The Bertz CT molecular complexity index is 471. The molecule has 1 aromatic carbocycles. The Balaban J connectivity index is 2.37. The van der Waals surface area contributed by atoms with Crippen molar-refractivity contribution >= 4 is 17.6 Å². The van der Waals surface area contributed by atoms with Crippen LogP contribution in [0.15, 0.2) is 30.3 Å². The summed E-state index contributed by atoms with van der Waals surface area (Å²) in [5, 5.41) is 5.19. The number of likely N-dealkylation sites (N-methyl/N-ethyl adjacent to an activating group) is 1. The van der Waals surface area contributed by atoms with E-state index >= 15 is 0 Å². The first-order valence-corrected chi connectivity index (χ1v) is 6.70. The van der Waals surface area contributed by atoms with Crippen LogP contribution in [0.25, 0.3) is 0 Å². The monoisotopic (exact) mass is 276 g/mol. The van der Waals surface area contributed by atoms with Crippen LogP contribution in [0.5, 0.6) is 0 Å². The van der Waals surface area contributed by atoms with Crippen LogP contribution in [-0.4, -0.2) is 30.2 Å². The third-order valence-electron chi connectivity index (χ3n) is 2.80. The molecule has 1 atom stereocenters. The fourth-order valence-electron chi connectivity index (χ4n) is 1.70. The molecule has 0 unspecified atom stereocenters. The van der Waals surface area contributed by atoms with Gasteiger partial charge >= 0.3 is 0 Å². The van der Waals surface area contributed by atoms with Crippen molar-refractivity contribution in [3.05, 3.63) is 35.9 Å². The Morgan fingerprint density at radius 1 is 1.10 bits per heavy atom. The molecule has 1 rings (SSSR count). The summed E-state index contributed by atoms with van der Waals surface area (Å²) in [4.78, 5) is 34.9. The fourth-order valence-corrected chi connectivity index (χ4v) is 1.70. The van der Waals surface area contributed by atoms with Crippen LogP contribution in [0.1, 0.15) is 37.0 Å². The van der Waals surface area contributed by atoms with Gasteiger partial charge in [0.1, 0.15) is 6.04 Å². The van der Waals surface area contributed by atoms with E-state index in [1.165, 1.54) is 0 Å². The third-order valence-corrected chi connectivity index (χ3v) is 2.80. The third kappa shape index (κ3) is 5.22. The van der Waals surface area contributed by atoms with Gasteiger partial charge in [0.2, 0.25) is 11.8 Å². The summed E-state index contributed by atoms with van der Waals surface area (Å²) in [5.41, 5.74) is 0.595. The highest BCUT2D eigenvalue weighted by molar-refractivity contribution is 5.98. The molecule has 2 amide bonds. The second kappa shape index (κ2) is 8.09. The number of rotatable bonds is 7. The van der Waals surface area contributed by atoms with Crippen molar-refractivity contribution in [3.8, 4) is 0 Å². The molecule has 0 aliphatic carbocycles. The summed E-state index contributed by atoms with van der Waals surface area (Å²) < 4.78 is 0. The molecule has 108 valence electrons. The number of amides is 2. The SMILES string of the molecule is CCNC(=O)[C@@H](C)NC(=O)CCC(=O)c1ccccc1. The van der Waals surface area contributed by atoms with E-state index in [-0.39, 0.29) is 30.4 Å². The minimum Gasteiger partial charge on any atom is -0.355 e. The molecular weight excluding hydrogens is 256 g/mol. The average molecular weight is 276 g/mol. The van der Waals surface area contributed by atoms with Crippen molar-refractivity contribution in [2.24, 2.45) is 0 Å². The Hall–Kier alpha value is -2.17. The lowest BCUT2D eigenvalue weighted by Crippen LogP contribution is -2.44. The van der Waals surface area contributed by atoms with Crippen molar-refractivity contribution < 1.29 is 14.4 Å². The van der Waals surface area contributed by atoms with Gasteiger partial charge in [0.25, 0.3) is 0 Å². The molecule has 0 heterocycles. The largest absolute Gasteiger partial charge is 0.355 e. The zero-order valence-electron chi connectivity index (χ0n) is 11.8. The molecule has 20 heavy (non-hydrogen) atoms. The van der Waals surface area contributed by atoms with Gasteiger partial charge in [-0.05, 0) is 13.8 Å². The van der Waals surface area contributed by atoms with E-state index in [9.17, 15) is 14.4 Å². The maximum atomic E-state index is 11.8. The topological polar surface area (TPSA) is 75.3 Å². The van der Waals surface area contributed by atoms with E-state index in [4.69, 9.17) is 0 Å². The zero-order chi connectivity index (χ0) is 15.0. The van der Waals surface area contributed by atoms with E-state index < -0.39 is 6.04 Å². The summed E-state index contributed by atoms with van der Waals surface area (Å²) in [5.74, 6) is -0.602. The molecule has 0 aliphatic heterocycles. The van der Waals surface area contributed by atoms with Crippen molar-refractivity contribution in [2.45, 2.75) is 32.7 Å². The zero-order valence-corrected chi connectivity index (χ0v) is 11.8. The van der Waals surface area contributed by atoms with Gasteiger partial charge in [-0.2, -0.15) is 0 Å². The van der Waals surface area contributed by atoms with Gasteiger partial charge in [0.15, 0.2) is 5.78 Å². The summed E-state index contributed by atoms with van der Waals surface area (Å²) >= 11 is 0. The van der Waals surface area contributed by atoms with Crippen LogP contribution in [0, 0.1) is 0 Å². The Morgan fingerprint density at radius 3 is 2.35 bits per heavy atom. The molecule has 0 fully saturated rings. The summed E-state index contributed by atoms with van der Waals surface area (Å²) in [7, 11) is 0. The first kappa shape index (κ1) is 15.9. The van der Waals surface area contributed by atoms with Gasteiger partial charge in [-0.3, -0.25) is 14.4 Å².